The minimum Gasteiger partial charge on any atom is -0.356 e. The average molecular weight is 413 g/mol. The Morgan fingerprint density at radius 2 is 1.81 bits per heavy atom. The van der Waals surface area contributed by atoms with Crippen LogP contribution in [0.1, 0.15) is 54.7 Å². The summed E-state index contributed by atoms with van der Waals surface area (Å²) in [5.74, 6) is 1.89. The van der Waals surface area contributed by atoms with E-state index in [2.05, 4.69) is 59.4 Å². The zero-order valence-electron chi connectivity index (χ0n) is 18.0. The molecule has 31 heavy (non-hydrogen) atoms. The lowest BCUT2D eigenvalue weighted by Crippen LogP contribution is -2.38. The summed E-state index contributed by atoms with van der Waals surface area (Å²) in [4.78, 5) is 21.4. The summed E-state index contributed by atoms with van der Waals surface area (Å²) in [6, 6.07) is 12.7. The fourth-order valence-corrected chi connectivity index (χ4v) is 3.97. The van der Waals surface area contributed by atoms with Crippen LogP contribution in [0.2, 0.25) is 0 Å². The van der Waals surface area contributed by atoms with Gasteiger partial charge in [0.15, 0.2) is 0 Å². The Hall–Kier alpha value is -3.28. The van der Waals surface area contributed by atoms with E-state index < -0.39 is 0 Å². The summed E-state index contributed by atoms with van der Waals surface area (Å²) in [7, 11) is 0. The molecule has 0 unspecified atom stereocenters. The molecule has 0 amide bonds. The van der Waals surface area contributed by atoms with Crippen molar-refractivity contribution in [2.75, 3.05) is 18.0 Å². The Morgan fingerprint density at radius 1 is 0.903 bits per heavy atom. The lowest BCUT2D eigenvalue weighted by Gasteiger charge is -2.32. The van der Waals surface area contributed by atoms with E-state index in [1.165, 1.54) is 24.8 Å². The van der Waals surface area contributed by atoms with Gasteiger partial charge in [-0.05, 0) is 49.1 Å². The highest BCUT2D eigenvalue weighted by molar-refractivity contribution is 5.45. The summed E-state index contributed by atoms with van der Waals surface area (Å²) in [6.07, 6.45) is 11.9. The smallest absolute Gasteiger partial charge is 0.136 e. The van der Waals surface area contributed by atoms with Gasteiger partial charge >= 0.3 is 0 Å². The number of pyridine rings is 2. The Morgan fingerprint density at radius 3 is 2.65 bits per heavy atom. The van der Waals surface area contributed by atoms with Crippen molar-refractivity contribution in [1.29, 1.82) is 0 Å². The molecule has 1 saturated heterocycles. The maximum Gasteiger partial charge on any atom is 0.136 e. The number of rotatable bonds is 8. The first-order chi connectivity index (χ1) is 15.3. The van der Waals surface area contributed by atoms with Gasteiger partial charge in [-0.3, -0.25) is 4.98 Å². The highest BCUT2D eigenvalue weighted by Crippen LogP contribution is 2.21. The number of aromatic nitrogens is 5. The van der Waals surface area contributed by atoms with Crippen molar-refractivity contribution in [3.63, 3.8) is 0 Å². The molecule has 0 aliphatic carbocycles. The number of unbranched alkanes of at least 4 members (excludes halogenated alkanes) is 1. The van der Waals surface area contributed by atoms with Gasteiger partial charge in [-0.15, -0.1) is 0 Å². The summed E-state index contributed by atoms with van der Waals surface area (Å²) in [6.45, 7) is 4.35. The first-order valence-electron chi connectivity index (χ1n) is 11.2. The number of imidazole rings is 1. The summed E-state index contributed by atoms with van der Waals surface area (Å²) in [5, 5.41) is 0. The van der Waals surface area contributed by atoms with Crippen molar-refractivity contribution in [1.82, 2.24) is 24.3 Å². The van der Waals surface area contributed by atoms with E-state index in [9.17, 15) is 0 Å². The minimum absolute atomic E-state index is 0.661. The molecule has 0 radical (unpaired) electrons. The highest BCUT2D eigenvalue weighted by atomic mass is 15.2. The van der Waals surface area contributed by atoms with E-state index in [0.717, 1.165) is 60.3 Å². The monoisotopic (exact) mass is 412 g/mol. The largest absolute Gasteiger partial charge is 0.356 e. The molecule has 4 aromatic heterocycles. The predicted octanol–water partition coefficient (Wildman–Crippen LogP) is 4.25. The molecule has 0 N–H and O–H groups in total. The molecule has 6 nitrogen and oxygen atoms in total. The van der Waals surface area contributed by atoms with Crippen molar-refractivity contribution in [3.05, 3.63) is 83.5 Å². The van der Waals surface area contributed by atoms with Gasteiger partial charge in [0.05, 0.1) is 12.1 Å². The summed E-state index contributed by atoms with van der Waals surface area (Å²) < 4.78 is 2.03. The van der Waals surface area contributed by atoms with Crippen LogP contribution in [0.5, 0.6) is 0 Å². The third kappa shape index (κ3) is 4.58. The van der Waals surface area contributed by atoms with Crippen LogP contribution in [0.3, 0.4) is 0 Å². The number of anilines is 1. The Balaban J connectivity index is 1.41. The summed E-state index contributed by atoms with van der Waals surface area (Å²) >= 11 is 0. The van der Waals surface area contributed by atoms with Gasteiger partial charge in [-0.25, -0.2) is 15.0 Å². The molecule has 1 aliphatic heterocycles. The van der Waals surface area contributed by atoms with Crippen LogP contribution in [-0.4, -0.2) is 37.4 Å². The maximum absolute atomic E-state index is 4.92. The normalized spacial score (nSPS) is 13.5. The Kier molecular flexibility index (Phi) is 5.61. The zero-order valence-corrected chi connectivity index (χ0v) is 18.0. The Bertz CT molecular complexity index is 1180. The molecular formula is C25H28N6. The van der Waals surface area contributed by atoms with Crippen LogP contribution < -0.4 is 4.90 Å². The molecule has 1 fully saturated rings. The molecule has 5 rings (SSSR count). The van der Waals surface area contributed by atoms with Crippen molar-refractivity contribution in [2.24, 2.45) is 0 Å². The van der Waals surface area contributed by atoms with E-state index in [0.29, 0.717) is 6.42 Å². The molecule has 0 atom stereocenters. The lowest BCUT2D eigenvalue weighted by molar-refractivity contribution is 0.606. The first kappa shape index (κ1) is 19.7. The number of hydrogen-bond donors (Lipinski definition) is 0. The van der Waals surface area contributed by atoms with Gasteiger partial charge in [-0.1, -0.05) is 19.4 Å². The molecule has 0 bridgehead atoms. The van der Waals surface area contributed by atoms with Gasteiger partial charge in [-0.2, -0.15) is 0 Å². The molecular weight excluding hydrogens is 384 g/mol. The van der Waals surface area contributed by atoms with Crippen LogP contribution >= 0.6 is 0 Å². The zero-order chi connectivity index (χ0) is 21.0. The van der Waals surface area contributed by atoms with Crippen LogP contribution in [0.25, 0.3) is 5.65 Å². The van der Waals surface area contributed by atoms with Crippen LogP contribution in [0, 0.1) is 0 Å². The predicted molar refractivity (Wildman–Crippen MR) is 123 cm³/mol. The van der Waals surface area contributed by atoms with E-state index >= 15 is 0 Å². The number of fused-ring (bicyclic) bond motifs is 1. The minimum atomic E-state index is 0.661. The van der Waals surface area contributed by atoms with Crippen molar-refractivity contribution in [3.8, 4) is 0 Å². The van der Waals surface area contributed by atoms with Crippen molar-refractivity contribution >= 4 is 11.5 Å². The topological polar surface area (TPSA) is 59.2 Å². The van der Waals surface area contributed by atoms with Crippen molar-refractivity contribution < 1.29 is 0 Å². The molecule has 6 heteroatoms. The summed E-state index contributed by atoms with van der Waals surface area (Å²) in [5.41, 5.74) is 5.41. The molecule has 158 valence electrons. The second-order valence-electron chi connectivity index (χ2n) is 8.28. The van der Waals surface area contributed by atoms with Crippen molar-refractivity contribution in [2.45, 2.75) is 45.4 Å². The van der Waals surface area contributed by atoms with Crippen LogP contribution in [0.4, 0.5) is 5.82 Å². The van der Waals surface area contributed by atoms with E-state index in [4.69, 9.17) is 15.0 Å². The van der Waals surface area contributed by atoms with E-state index in [1.54, 1.807) is 0 Å². The van der Waals surface area contributed by atoms with E-state index in [-0.39, 0.29) is 0 Å². The first-order valence-corrected chi connectivity index (χ1v) is 11.2. The standard InChI is InChI=1S/C25H28N6/c1-2-3-6-20-7-4-8-21(27-20)17-23-28-22(18-25(29-23)30-11-5-12-30)15-19-9-13-31-14-10-26-24(31)16-19/h4,7-10,13-14,16,18H,2-3,5-6,11-12,15,17H2,1H3. The number of hydrogen-bond acceptors (Lipinski definition) is 5. The molecule has 1 aliphatic rings. The molecule has 5 heterocycles. The third-order valence-electron chi connectivity index (χ3n) is 5.83. The SMILES string of the molecule is CCCCc1cccc(Cc2nc(Cc3ccn4ccnc4c3)cc(N3CCC3)n2)n1. The van der Waals surface area contributed by atoms with Gasteiger partial charge in [0, 0.05) is 55.6 Å². The molecule has 4 aromatic rings. The second-order valence-corrected chi connectivity index (χ2v) is 8.28. The van der Waals surface area contributed by atoms with Gasteiger partial charge in [0.25, 0.3) is 0 Å². The molecule has 0 saturated carbocycles. The second kappa shape index (κ2) is 8.84. The van der Waals surface area contributed by atoms with Gasteiger partial charge in [0.1, 0.15) is 17.3 Å². The third-order valence-corrected chi connectivity index (χ3v) is 5.83. The van der Waals surface area contributed by atoms with E-state index in [1.807, 2.05) is 16.8 Å². The maximum atomic E-state index is 4.92. The Labute approximate surface area is 183 Å². The fraction of sp³-hybridized carbons (Fsp3) is 0.360. The quantitative estimate of drug-likeness (QED) is 0.433. The number of aryl methyl sites for hydroxylation is 1. The number of nitrogens with zero attached hydrogens (tertiary/aromatic N) is 6. The molecule has 0 aromatic carbocycles. The molecule has 0 spiro atoms. The van der Waals surface area contributed by atoms with Crippen LogP contribution in [0.15, 0.2) is 55.0 Å². The van der Waals surface area contributed by atoms with Gasteiger partial charge in [0.2, 0.25) is 0 Å². The average Bonchev–Trinajstić information content (AvgIpc) is 3.19. The fourth-order valence-electron chi connectivity index (χ4n) is 3.97. The highest BCUT2D eigenvalue weighted by Gasteiger charge is 2.18. The van der Waals surface area contributed by atoms with Crippen LogP contribution in [-0.2, 0) is 19.3 Å². The lowest BCUT2D eigenvalue weighted by atomic mass is 10.1. The van der Waals surface area contributed by atoms with Gasteiger partial charge < -0.3 is 9.30 Å².